The van der Waals surface area contributed by atoms with Crippen molar-refractivity contribution in [2.75, 3.05) is 11.9 Å². The molecule has 3 aromatic heterocycles. The third kappa shape index (κ3) is 4.73. The van der Waals surface area contributed by atoms with Crippen molar-refractivity contribution in [2.45, 2.75) is 27.4 Å². The van der Waals surface area contributed by atoms with Gasteiger partial charge in [-0.15, -0.1) is 0 Å². The summed E-state index contributed by atoms with van der Waals surface area (Å²) < 4.78 is 11.4. The van der Waals surface area contributed by atoms with Crippen molar-refractivity contribution in [1.29, 1.82) is 0 Å². The minimum Gasteiger partial charge on any atom is -0.423 e. The van der Waals surface area contributed by atoms with Gasteiger partial charge in [-0.2, -0.15) is 0 Å². The summed E-state index contributed by atoms with van der Waals surface area (Å²) in [6, 6.07) is 13.8. The first kappa shape index (κ1) is 20.6. The Bertz CT molecular complexity index is 1260. The summed E-state index contributed by atoms with van der Waals surface area (Å²) in [7, 11) is 0. The summed E-state index contributed by atoms with van der Waals surface area (Å²) >= 11 is 0. The fourth-order valence-electron chi connectivity index (χ4n) is 3.20. The Hall–Kier alpha value is -3.71. The van der Waals surface area contributed by atoms with E-state index in [0.717, 1.165) is 28.1 Å². The Labute approximate surface area is 180 Å². The molecule has 0 saturated carbocycles. The van der Waals surface area contributed by atoms with Crippen LogP contribution in [0.2, 0.25) is 0 Å². The molecular formula is C24H24N4O3. The van der Waals surface area contributed by atoms with E-state index in [9.17, 15) is 4.79 Å². The van der Waals surface area contributed by atoms with Crippen LogP contribution in [0.4, 0.5) is 11.7 Å². The van der Waals surface area contributed by atoms with Crippen LogP contribution in [0.15, 0.2) is 64.1 Å². The Kier molecular flexibility index (Phi) is 5.95. The van der Waals surface area contributed by atoms with E-state index in [0.29, 0.717) is 36.2 Å². The van der Waals surface area contributed by atoms with Crippen LogP contribution in [0.5, 0.6) is 0 Å². The zero-order chi connectivity index (χ0) is 21.8. The number of benzene rings is 1. The zero-order valence-corrected chi connectivity index (χ0v) is 17.7. The first-order valence-corrected chi connectivity index (χ1v) is 10.1. The maximum absolute atomic E-state index is 12.3. The number of aromatic nitrogens is 3. The van der Waals surface area contributed by atoms with Gasteiger partial charge in [-0.25, -0.2) is 4.98 Å². The first-order chi connectivity index (χ1) is 15.0. The van der Waals surface area contributed by atoms with Crippen LogP contribution in [0.1, 0.15) is 23.7 Å². The quantitative estimate of drug-likeness (QED) is 0.441. The maximum atomic E-state index is 12.3. The highest BCUT2D eigenvalue weighted by Crippen LogP contribution is 2.28. The highest BCUT2D eigenvalue weighted by Gasteiger charge is 2.11. The Balaban J connectivity index is 1.58. The minimum atomic E-state index is -0.174. The molecule has 0 amide bonds. The molecule has 0 bridgehead atoms. The highest BCUT2D eigenvalue weighted by atomic mass is 16.5. The Morgan fingerprint density at radius 1 is 1.10 bits per heavy atom. The van der Waals surface area contributed by atoms with E-state index in [1.165, 1.54) is 0 Å². The van der Waals surface area contributed by atoms with E-state index in [2.05, 4.69) is 20.3 Å². The Morgan fingerprint density at radius 2 is 1.97 bits per heavy atom. The summed E-state index contributed by atoms with van der Waals surface area (Å²) in [5.74, 6) is 0.581. The Morgan fingerprint density at radius 3 is 2.77 bits per heavy atom. The van der Waals surface area contributed by atoms with Crippen molar-refractivity contribution in [3.8, 4) is 22.6 Å². The molecule has 4 aromatic rings. The molecule has 0 radical (unpaired) electrons. The van der Waals surface area contributed by atoms with Gasteiger partial charge in [0.1, 0.15) is 0 Å². The van der Waals surface area contributed by atoms with Gasteiger partial charge in [0.25, 0.3) is 11.6 Å². The number of oxazole rings is 1. The van der Waals surface area contributed by atoms with Gasteiger partial charge in [0.2, 0.25) is 0 Å². The molecule has 3 heterocycles. The van der Waals surface area contributed by atoms with Crippen LogP contribution < -0.4 is 10.9 Å². The van der Waals surface area contributed by atoms with Crippen LogP contribution in [0.3, 0.4) is 0 Å². The van der Waals surface area contributed by atoms with E-state index < -0.39 is 0 Å². The summed E-state index contributed by atoms with van der Waals surface area (Å²) in [6.45, 7) is 7.06. The van der Waals surface area contributed by atoms with E-state index in [4.69, 9.17) is 9.15 Å². The van der Waals surface area contributed by atoms with Gasteiger partial charge >= 0.3 is 0 Å². The average Bonchev–Trinajstić information content (AvgIpc) is 3.23. The molecular weight excluding hydrogens is 392 g/mol. The normalized spacial score (nSPS) is 10.9. The van der Waals surface area contributed by atoms with Crippen molar-refractivity contribution in [3.05, 3.63) is 82.0 Å². The van der Waals surface area contributed by atoms with Crippen LogP contribution in [0, 0.1) is 13.8 Å². The smallest absolute Gasteiger partial charge is 0.299 e. The number of hydrogen-bond acceptors (Lipinski definition) is 6. The van der Waals surface area contributed by atoms with E-state index in [1.54, 1.807) is 18.5 Å². The first-order valence-electron chi connectivity index (χ1n) is 10.1. The van der Waals surface area contributed by atoms with Gasteiger partial charge in [-0.1, -0.05) is 12.1 Å². The summed E-state index contributed by atoms with van der Waals surface area (Å²) in [4.78, 5) is 23.8. The van der Waals surface area contributed by atoms with Crippen molar-refractivity contribution in [3.63, 3.8) is 0 Å². The lowest BCUT2D eigenvalue weighted by Gasteiger charge is -2.09. The number of hydrogen-bond donors (Lipinski definition) is 2. The number of nitrogens with one attached hydrogen (secondary N) is 2. The van der Waals surface area contributed by atoms with Gasteiger partial charge in [0.15, 0.2) is 5.76 Å². The SMILES string of the molecule is CCOCc1ccc(C)c(Nc2ncc(-c3ccnc(-c4ccc(C)[nH]c4=O)c3)o2)c1. The molecule has 158 valence electrons. The van der Waals surface area contributed by atoms with Gasteiger partial charge in [-0.05, 0) is 62.2 Å². The molecule has 0 aliphatic rings. The second kappa shape index (κ2) is 8.97. The van der Waals surface area contributed by atoms with E-state index >= 15 is 0 Å². The van der Waals surface area contributed by atoms with E-state index in [-0.39, 0.29) is 5.56 Å². The molecule has 2 N–H and O–H groups in total. The molecule has 31 heavy (non-hydrogen) atoms. The largest absolute Gasteiger partial charge is 0.423 e. The third-order valence-electron chi connectivity index (χ3n) is 4.90. The van der Waals surface area contributed by atoms with Crippen molar-refractivity contribution in [1.82, 2.24) is 15.0 Å². The van der Waals surface area contributed by atoms with Crippen LogP contribution >= 0.6 is 0 Å². The number of aryl methyl sites for hydroxylation is 2. The molecule has 0 saturated heterocycles. The van der Waals surface area contributed by atoms with Crippen molar-refractivity contribution >= 4 is 11.7 Å². The van der Waals surface area contributed by atoms with Crippen LogP contribution in [-0.4, -0.2) is 21.6 Å². The van der Waals surface area contributed by atoms with Crippen LogP contribution in [0.25, 0.3) is 22.6 Å². The summed E-state index contributed by atoms with van der Waals surface area (Å²) in [5.41, 5.74) is 5.55. The van der Waals surface area contributed by atoms with Gasteiger partial charge < -0.3 is 19.5 Å². The topological polar surface area (TPSA) is 93.0 Å². The second-order valence-corrected chi connectivity index (χ2v) is 7.25. The molecule has 0 aliphatic heterocycles. The molecule has 7 nitrogen and oxygen atoms in total. The number of anilines is 2. The van der Waals surface area contributed by atoms with Crippen molar-refractivity contribution in [2.24, 2.45) is 0 Å². The minimum absolute atomic E-state index is 0.174. The molecule has 7 heteroatoms. The highest BCUT2D eigenvalue weighted by molar-refractivity contribution is 5.67. The number of rotatable bonds is 7. The number of nitrogens with zero attached hydrogens (tertiary/aromatic N) is 2. The molecule has 4 rings (SSSR count). The predicted molar refractivity (Wildman–Crippen MR) is 120 cm³/mol. The number of H-pyrrole nitrogens is 1. The molecule has 0 spiro atoms. The molecule has 0 fully saturated rings. The van der Waals surface area contributed by atoms with Crippen LogP contribution in [-0.2, 0) is 11.3 Å². The molecule has 0 atom stereocenters. The molecule has 0 unspecified atom stereocenters. The van der Waals surface area contributed by atoms with Gasteiger partial charge in [-0.3, -0.25) is 9.78 Å². The van der Waals surface area contributed by atoms with E-state index in [1.807, 2.05) is 57.2 Å². The van der Waals surface area contributed by atoms with Gasteiger partial charge in [0.05, 0.1) is 24.1 Å². The number of ether oxygens (including phenoxy) is 1. The predicted octanol–water partition coefficient (Wildman–Crippen LogP) is 4.99. The lowest BCUT2D eigenvalue weighted by Crippen LogP contribution is -2.10. The molecule has 0 aliphatic carbocycles. The van der Waals surface area contributed by atoms with Crippen molar-refractivity contribution < 1.29 is 9.15 Å². The molecule has 1 aromatic carbocycles. The fraction of sp³-hybridized carbons (Fsp3) is 0.208. The fourth-order valence-corrected chi connectivity index (χ4v) is 3.20. The van der Waals surface area contributed by atoms with Gasteiger partial charge in [0, 0.05) is 29.7 Å². The lowest BCUT2D eigenvalue weighted by atomic mass is 10.1. The second-order valence-electron chi connectivity index (χ2n) is 7.25. The average molecular weight is 416 g/mol. The number of pyridine rings is 2. The lowest BCUT2D eigenvalue weighted by molar-refractivity contribution is 0.134. The maximum Gasteiger partial charge on any atom is 0.299 e. The monoisotopic (exact) mass is 416 g/mol. The standard InChI is InChI=1S/C24H24N4O3/c1-4-30-14-17-7-5-15(2)20(11-17)28-24-26-13-22(31-24)18-9-10-25-21(12-18)19-8-6-16(3)27-23(19)29/h5-13H,4,14H2,1-3H3,(H,26,28)(H,27,29). The summed E-state index contributed by atoms with van der Waals surface area (Å²) in [6.07, 6.45) is 3.31. The summed E-state index contributed by atoms with van der Waals surface area (Å²) in [5, 5.41) is 3.24. The number of aromatic amines is 1. The third-order valence-corrected chi connectivity index (χ3v) is 4.90. The zero-order valence-electron chi connectivity index (χ0n) is 17.7.